The van der Waals surface area contributed by atoms with E-state index < -0.39 is 47.7 Å². The van der Waals surface area contributed by atoms with E-state index in [1.165, 1.54) is 18.9 Å². The molecule has 0 heterocycles. The number of aliphatic hydroxyl groups excluding tert-OH is 1. The van der Waals surface area contributed by atoms with Gasteiger partial charge in [0.25, 0.3) is 5.97 Å². The molecule has 8 N–H and O–H groups in total. The Bertz CT molecular complexity index is 1240. The molecule has 0 aliphatic carbocycles. The van der Waals surface area contributed by atoms with Gasteiger partial charge < -0.3 is 41.9 Å². The Labute approximate surface area is 277 Å². The van der Waals surface area contributed by atoms with E-state index >= 15 is 0 Å². The number of hydrogen-bond acceptors (Lipinski definition) is 8. The van der Waals surface area contributed by atoms with E-state index in [-0.39, 0.29) is 38.3 Å². The average molecular weight is 825 g/mol. The Morgan fingerprint density at radius 1 is 0.930 bits per heavy atom. The predicted octanol–water partition coefficient (Wildman–Crippen LogP) is 0.361. The Kier molecular flexibility index (Phi) is 17.0. The number of carboxylic acid groups (broad SMARTS) is 1. The van der Waals surface area contributed by atoms with E-state index in [4.69, 9.17) is 20.7 Å². The van der Waals surface area contributed by atoms with E-state index in [2.05, 4.69) is 16.0 Å². The summed E-state index contributed by atoms with van der Waals surface area (Å²) in [6.07, 6.45) is 0.453. The fourth-order valence-electron chi connectivity index (χ4n) is 3.62. The van der Waals surface area contributed by atoms with Crippen LogP contribution in [0.3, 0.4) is 0 Å². The van der Waals surface area contributed by atoms with Gasteiger partial charge in [-0.25, -0.2) is 0 Å². The number of phenolic OH excluding ortho intramolecular Hbond substituents is 1. The number of nitrogens with one attached hydrogen (secondary N) is 3. The summed E-state index contributed by atoms with van der Waals surface area (Å²) >= 11 is 3.99. The molecule has 2 rings (SSSR count). The van der Waals surface area contributed by atoms with Gasteiger partial charge in [0.05, 0.1) is 26.3 Å². The third-order valence-electron chi connectivity index (χ3n) is 5.88. The molecule has 0 fully saturated rings. The lowest BCUT2D eigenvalue weighted by molar-refractivity contribution is -0.139. The SMILES string of the molecule is CC(=O)O.C[C@@H](NC(=O)[C@@H](N)Cc1cc(I)c(O)c(I)c1)C(=O)NCC(=O)N(C)[C@@H](Cc1ccccc1)C(=O)NCCO. The molecule has 4 amide bonds. The molecule has 0 spiro atoms. The molecule has 0 saturated heterocycles. The van der Waals surface area contributed by atoms with Gasteiger partial charge in [0.2, 0.25) is 23.6 Å². The molecule has 43 heavy (non-hydrogen) atoms. The molecule has 2 aromatic carbocycles. The van der Waals surface area contributed by atoms with Crippen LogP contribution in [0, 0.1) is 7.14 Å². The van der Waals surface area contributed by atoms with E-state index in [1.807, 2.05) is 75.5 Å². The second-order valence-electron chi connectivity index (χ2n) is 9.41. The van der Waals surface area contributed by atoms with Crippen molar-refractivity contribution >= 4 is 74.8 Å². The molecule has 2 aromatic rings. The fraction of sp³-hybridized carbons (Fsp3) is 0.393. The molecule has 15 heteroatoms. The number of aromatic hydroxyl groups is 1. The molecule has 236 valence electrons. The zero-order valence-electron chi connectivity index (χ0n) is 24.0. The molecule has 13 nitrogen and oxygen atoms in total. The first-order chi connectivity index (χ1) is 20.2. The molecule has 0 saturated carbocycles. The van der Waals surface area contributed by atoms with Crippen molar-refractivity contribution in [1.82, 2.24) is 20.9 Å². The lowest BCUT2D eigenvalue weighted by Gasteiger charge is -2.28. The van der Waals surface area contributed by atoms with Crippen molar-refractivity contribution in [3.05, 3.63) is 60.7 Å². The molecular weight excluding hydrogens is 788 g/mol. The van der Waals surface area contributed by atoms with E-state index in [0.29, 0.717) is 7.14 Å². The molecule has 3 atom stereocenters. The number of amides is 4. The summed E-state index contributed by atoms with van der Waals surface area (Å²) in [6, 6.07) is 9.89. The number of likely N-dealkylation sites (N-methyl/N-ethyl adjacent to an activating group) is 1. The lowest BCUT2D eigenvalue weighted by atomic mass is 10.0. The number of carbonyl (C=O) groups is 5. The van der Waals surface area contributed by atoms with Crippen molar-refractivity contribution in [3.63, 3.8) is 0 Å². The standard InChI is InChI=1S/C26H33I2N5O6.C2H4O2/c1-15(32-25(38)20(29)12-17-10-18(27)23(36)19(28)11-17)24(37)31-14-22(35)33(2)21(26(39)30-8-9-34)13-16-6-4-3-5-7-16;1-2(3)4/h3-7,10-11,15,20-21,34,36H,8-9,12-14,29H2,1-2H3,(H,30,39)(H,31,37)(H,32,38);1H3,(H,3,4)/t15-,20+,21+;/m1./s1. The van der Waals surface area contributed by atoms with Crippen LogP contribution in [0.25, 0.3) is 0 Å². The number of carbonyl (C=O) groups excluding carboxylic acids is 4. The number of benzene rings is 2. The van der Waals surface area contributed by atoms with Gasteiger partial charge in [-0.05, 0) is 81.8 Å². The van der Waals surface area contributed by atoms with Crippen LogP contribution in [0.2, 0.25) is 0 Å². The van der Waals surface area contributed by atoms with E-state index in [9.17, 15) is 24.3 Å². The van der Waals surface area contributed by atoms with Crippen LogP contribution in [0.1, 0.15) is 25.0 Å². The zero-order chi connectivity index (χ0) is 32.7. The van der Waals surface area contributed by atoms with Gasteiger partial charge in [0, 0.05) is 26.9 Å². The van der Waals surface area contributed by atoms with Crippen molar-refractivity contribution in [3.8, 4) is 5.75 Å². The van der Waals surface area contributed by atoms with Gasteiger partial charge in [-0.2, -0.15) is 0 Å². The van der Waals surface area contributed by atoms with Gasteiger partial charge >= 0.3 is 0 Å². The third kappa shape index (κ3) is 13.9. The van der Waals surface area contributed by atoms with Crippen LogP contribution in [0.5, 0.6) is 5.75 Å². The first kappa shape index (κ1) is 38.0. The lowest BCUT2D eigenvalue weighted by Crippen LogP contribution is -2.54. The molecular formula is C28H37I2N5O8. The van der Waals surface area contributed by atoms with Crippen LogP contribution in [-0.4, -0.2) is 94.7 Å². The quantitative estimate of drug-likeness (QED) is 0.139. The number of rotatable bonds is 13. The highest BCUT2D eigenvalue weighted by atomic mass is 127. The number of carboxylic acids is 1. The van der Waals surface area contributed by atoms with Gasteiger partial charge in [0.15, 0.2) is 0 Å². The van der Waals surface area contributed by atoms with Crippen molar-refractivity contribution in [2.75, 3.05) is 26.7 Å². The first-order valence-electron chi connectivity index (χ1n) is 13.1. The van der Waals surface area contributed by atoms with Gasteiger partial charge in [-0.15, -0.1) is 0 Å². The summed E-state index contributed by atoms with van der Waals surface area (Å²) in [5, 5.41) is 34.0. The van der Waals surface area contributed by atoms with Crippen LogP contribution >= 0.6 is 45.2 Å². The zero-order valence-corrected chi connectivity index (χ0v) is 28.3. The number of nitrogens with two attached hydrogens (primary N) is 1. The van der Waals surface area contributed by atoms with Crippen LogP contribution < -0.4 is 21.7 Å². The summed E-state index contributed by atoms with van der Waals surface area (Å²) in [5.41, 5.74) is 7.64. The molecule has 0 aromatic heterocycles. The Hall–Kier alpha value is -3.03. The smallest absolute Gasteiger partial charge is 0.300 e. The minimum atomic E-state index is -0.963. The maximum absolute atomic E-state index is 12.8. The van der Waals surface area contributed by atoms with Crippen LogP contribution in [0.15, 0.2) is 42.5 Å². The fourth-order valence-corrected chi connectivity index (χ4v) is 5.52. The summed E-state index contributed by atoms with van der Waals surface area (Å²) in [5.74, 6) is -2.73. The third-order valence-corrected chi connectivity index (χ3v) is 7.53. The minimum absolute atomic E-state index is 0.0491. The number of phenols is 1. The highest BCUT2D eigenvalue weighted by molar-refractivity contribution is 14.1. The summed E-state index contributed by atoms with van der Waals surface area (Å²) in [6.45, 7) is 1.98. The molecule has 0 radical (unpaired) electrons. The van der Waals surface area contributed by atoms with Gasteiger partial charge in [-0.1, -0.05) is 30.3 Å². The number of nitrogens with zero attached hydrogens (tertiary/aromatic N) is 1. The van der Waals surface area contributed by atoms with Crippen LogP contribution in [-0.2, 0) is 36.8 Å². The Morgan fingerprint density at radius 3 is 2.02 bits per heavy atom. The second-order valence-corrected chi connectivity index (χ2v) is 11.7. The number of halogens is 2. The normalized spacial score (nSPS) is 12.4. The minimum Gasteiger partial charge on any atom is -0.506 e. The van der Waals surface area contributed by atoms with Crippen molar-refractivity contribution in [1.29, 1.82) is 0 Å². The molecule has 0 bridgehead atoms. The van der Waals surface area contributed by atoms with Crippen LogP contribution in [0.4, 0.5) is 0 Å². The number of hydrogen-bond donors (Lipinski definition) is 7. The molecule has 0 unspecified atom stereocenters. The average Bonchev–Trinajstić information content (AvgIpc) is 2.95. The maximum Gasteiger partial charge on any atom is 0.300 e. The predicted molar refractivity (Wildman–Crippen MR) is 176 cm³/mol. The largest absolute Gasteiger partial charge is 0.506 e. The van der Waals surface area contributed by atoms with Crippen molar-refractivity contribution < 1.29 is 39.3 Å². The number of aliphatic carboxylic acids is 1. The monoisotopic (exact) mass is 825 g/mol. The van der Waals surface area contributed by atoms with E-state index in [1.54, 1.807) is 12.1 Å². The van der Waals surface area contributed by atoms with Gasteiger partial charge in [0.1, 0.15) is 17.8 Å². The summed E-state index contributed by atoms with van der Waals surface area (Å²) in [4.78, 5) is 60.9. The molecule has 0 aliphatic heterocycles. The summed E-state index contributed by atoms with van der Waals surface area (Å²) in [7, 11) is 1.47. The Balaban J connectivity index is 0.00000217. The topological polar surface area (TPSA) is 211 Å². The van der Waals surface area contributed by atoms with E-state index in [0.717, 1.165) is 18.1 Å². The highest BCUT2D eigenvalue weighted by Gasteiger charge is 2.28. The maximum atomic E-state index is 12.8. The first-order valence-corrected chi connectivity index (χ1v) is 15.2. The molecule has 0 aliphatic rings. The second kappa shape index (κ2) is 19.3. The summed E-state index contributed by atoms with van der Waals surface area (Å²) < 4.78 is 1.28. The van der Waals surface area contributed by atoms with Crippen molar-refractivity contribution in [2.45, 2.75) is 44.8 Å². The Morgan fingerprint density at radius 2 is 1.49 bits per heavy atom. The van der Waals surface area contributed by atoms with Crippen molar-refractivity contribution in [2.24, 2.45) is 5.73 Å². The van der Waals surface area contributed by atoms with Gasteiger partial charge in [-0.3, -0.25) is 24.0 Å². The highest BCUT2D eigenvalue weighted by Crippen LogP contribution is 2.27. The number of aliphatic hydroxyl groups is 1.